The van der Waals surface area contributed by atoms with Crippen LogP contribution in [0.3, 0.4) is 0 Å². The molecule has 0 radical (unpaired) electrons. The zero-order valence-corrected chi connectivity index (χ0v) is 8.87. The lowest BCUT2D eigenvalue weighted by Crippen LogP contribution is -1.85. The smallest absolute Gasteiger partial charge is 0.104 e. The summed E-state index contributed by atoms with van der Waals surface area (Å²) in [4.78, 5) is 1.27. The number of thiophene rings is 1. The molecule has 0 aliphatic heterocycles. The Kier molecular flexibility index (Phi) is 3.32. The fourth-order valence-corrected chi connectivity index (χ4v) is 2.37. The number of hydrogen-bond donors (Lipinski definition) is 1. The quantitative estimate of drug-likeness (QED) is 0.804. The predicted octanol–water partition coefficient (Wildman–Crippen LogP) is 2.85. The SMILES string of the molecule is CCCCc1sc(N)c(C#N)c1C. The molecule has 0 amide bonds. The number of anilines is 1. The summed E-state index contributed by atoms with van der Waals surface area (Å²) < 4.78 is 0. The summed E-state index contributed by atoms with van der Waals surface area (Å²) in [6.45, 7) is 4.15. The van der Waals surface area contributed by atoms with E-state index in [4.69, 9.17) is 11.0 Å². The van der Waals surface area contributed by atoms with Gasteiger partial charge >= 0.3 is 0 Å². The van der Waals surface area contributed by atoms with Gasteiger partial charge in [-0.05, 0) is 25.3 Å². The summed E-state index contributed by atoms with van der Waals surface area (Å²) in [7, 11) is 0. The van der Waals surface area contributed by atoms with E-state index in [9.17, 15) is 0 Å². The van der Waals surface area contributed by atoms with Gasteiger partial charge in [-0.2, -0.15) is 5.26 Å². The molecule has 1 rings (SSSR count). The van der Waals surface area contributed by atoms with Gasteiger partial charge in [-0.25, -0.2) is 0 Å². The molecule has 1 aromatic heterocycles. The summed E-state index contributed by atoms with van der Waals surface area (Å²) in [5.74, 6) is 0. The molecule has 0 unspecified atom stereocenters. The highest BCUT2D eigenvalue weighted by atomic mass is 32.1. The van der Waals surface area contributed by atoms with Crippen LogP contribution in [0.4, 0.5) is 5.00 Å². The van der Waals surface area contributed by atoms with Crippen molar-refractivity contribution in [3.05, 3.63) is 16.0 Å². The molecule has 0 saturated carbocycles. The van der Waals surface area contributed by atoms with Crippen molar-refractivity contribution < 1.29 is 0 Å². The first kappa shape index (κ1) is 10.1. The first-order valence-electron chi connectivity index (χ1n) is 4.48. The molecular weight excluding hydrogens is 180 g/mol. The molecule has 1 heterocycles. The number of nitrogens with zero attached hydrogens (tertiary/aromatic N) is 1. The third-order valence-corrected chi connectivity index (χ3v) is 3.32. The van der Waals surface area contributed by atoms with E-state index in [0.29, 0.717) is 10.6 Å². The number of aryl methyl sites for hydroxylation is 1. The van der Waals surface area contributed by atoms with Crippen molar-refractivity contribution in [3.63, 3.8) is 0 Å². The van der Waals surface area contributed by atoms with Gasteiger partial charge in [0.1, 0.15) is 11.1 Å². The largest absolute Gasteiger partial charge is 0.389 e. The van der Waals surface area contributed by atoms with Crippen molar-refractivity contribution in [1.82, 2.24) is 0 Å². The normalized spacial score (nSPS) is 9.92. The van der Waals surface area contributed by atoms with Crippen molar-refractivity contribution >= 4 is 16.3 Å². The van der Waals surface area contributed by atoms with E-state index >= 15 is 0 Å². The Morgan fingerprint density at radius 1 is 1.54 bits per heavy atom. The number of hydrogen-bond acceptors (Lipinski definition) is 3. The van der Waals surface area contributed by atoms with Crippen molar-refractivity contribution in [2.75, 3.05) is 5.73 Å². The number of nitriles is 1. The van der Waals surface area contributed by atoms with E-state index < -0.39 is 0 Å². The lowest BCUT2D eigenvalue weighted by Gasteiger charge is -1.95. The van der Waals surface area contributed by atoms with Crippen molar-refractivity contribution in [3.8, 4) is 6.07 Å². The molecule has 1 aromatic rings. The second-order valence-electron chi connectivity index (χ2n) is 3.10. The van der Waals surface area contributed by atoms with Gasteiger partial charge in [0.25, 0.3) is 0 Å². The van der Waals surface area contributed by atoms with Crippen LogP contribution in [0.25, 0.3) is 0 Å². The average molecular weight is 194 g/mol. The summed E-state index contributed by atoms with van der Waals surface area (Å²) in [5, 5.41) is 9.49. The standard InChI is InChI=1S/C10H14N2S/c1-3-4-5-9-7(2)8(6-11)10(12)13-9/h3-5,12H2,1-2H3. The molecule has 0 spiro atoms. The van der Waals surface area contributed by atoms with Crippen LogP contribution in [0, 0.1) is 18.3 Å². The van der Waals surface area contributed by atoms with Crippen molar-refractivity contribution in [2.24, 2.45) is 0 Å². The van der Waals surface area contributed by atoms with Crippen LogP contribution in [-0.4, -0.2) is 0 Å². The van der Waals surface area contributed by atoms with Gasteiger partial charge in [0, 0.05) is 4.88 Å². The van der Waals surface area contributed by atoms with E-state index in [0.717, 1.165) is 12.0 Å². The summed E-state index contributed by atoms with van der Waals surface area (Å²) >= 11 is 1.56. The Morgan fingerprint density at radius 2 is 2.23 bits per heavy atom. The Balaban J connectivity index is 2.92. The fourth-order valence-electron chi connectivity index (χ4n) is 1.30. The Bertz CT molecular complexity index is 333. The molecule has 2 nitrogen and oxygen atoms in total. The number of rotatable bonds is 3. The fraction of sp³-hybridized carbons (Fsp3) is 0.500. The van der Waals surface area contributed by atoms with Crippen LogP contribution in [0.5, 0.6) is 0 Å². The number of nitrogens with two attached hydrogens (primary N) is 1. The number of nitrogen functional groups attached to an aromatic ring is 1. The molecule has 0 atom stereocenters. The van der Waals surface area contributed by atoms with Crippen molar-refractivity contribution in [2.45, 2.75) is 33.1 Å². The first-order chi connectivity index (χ1) is 6.20. The molecule has 0 aromatic carbocycles. The summed E-state index contributed by atoms with van der Waals surface area (Å²) in [6.07, 6.45) is 3.41. The lowest BCUT2D eigenvalue weighted by molar-refractivity contribution is 0.801. The Labute approximate surface area is 83.0 Å². The topological polar surface area (TPSA) is 49.8 Å². The van der Waals surface area contributed by atoms with Crippen LogP contribution in [0.15, 0.2) is 0 Å². The highest BCUT2D eigenvalue weighted by Gasteiger charge is 2.11. The van der Waals surface area contributed by atoms with E-state index in [2.05, 4.69) is 13.0 Å². The Hall–Kier alpha value is -1.01. The van der Waals surface area contributed by atoms with Gasteiger partial charge in [-0.3, -0.25) is 0 Å². The number of unbranched alkanes of at least 4 members (excludes halogenated alkanes) is 1. The maximum absolute atomic E-state index is 8.81. The van der Waals surface area contributed by atoms with E-state index in [1.165, 1.54) is 17.7 Å². The molecule has 13 heavy (non-hydrogen) atoms. The van der Waals surface area contributed by atoms with Gasteiger partial charge in [0.15, 0.2) is 0 Å². The van der Waals surface area contributed by atoms with Crippen LogP contribution >= 0.6 is 11.3 Å². The molecule has 0 aliphatic rings. The molecule has 0 fully saturated rings. The van der Waals surface area contributed by atoms with Gasteiger partial charge in [-0.15, -0.1) is 11.3 Å². The minimum absolute atomic E-state index is 0.672. The highest BCUT2D eigenvalue weighted by Crippen LogP contribution is 2.30. The monoisotopic (exact) mass is 194 g/mol. The lowest BCUT2D eigenvalue weighted by atomic mass is 10.1. The molecular formula is C10H14N2S. The molecule has 2 N–H and O–H groups in total. The van der Waals surface area contributed by atoms with Crippen LogP contribution in [-0.2, 0) is 6.42 Å². The average Bonchev–Trinajstić information content (AvgIpc) is 2.38. The minimum atomic E-state index is 0.672. The van der Waals surface area contributed by atoms with Gasteiger partial charge in [0.2, 0.25) is 0 Å². The van der Waals surface area contributed by atoms with Gasteiger partial charge in [-0.1, -0.05) is 13.3 Å². The zero-order valence-electron chi connectivity index (χ0n) is 8.05. The predicted molar refractivity (Wildman–Crippen MR) is 56.8 cm³/mol. The third kappa shape index (κ3) is 2.02. The third-order valence-electron chi connectivity index (χ3n) is 2.14. The van der Waals surface area contributed by atoms with Crippen LogP contribution < -0.4 is 5.73 Å². The second kappa shape index (κ2) is 4.29. The van der Waals surface area contributed by atoms with Crippen LogP contribution in [0.1, 0.15) is 35.8 Å². The molecule has 0 bridgehead atoms. The van der Waals surface area contributed by atoms with Crippen LogP contribution in [0.2, 0.25) is 0 Å². The van der Waals surface area contributed by atoms with Gasteiger partial charge < -0.3 is 5.73 Å². The van der Waals surface area contributed by atoms with E-state index in [1.807, 2.05) is 6.92 Å². The minimum Gasteiger partial charge on any atom is -0.389 e. The van der Waals surface area contributed by atoms with Gasteiger partial charge in [0.05, 0.1) is 5.56 Å². The summed E-state index contributed by atoms with van der Waals surface area (Å²) in [5.41, 5.74) is 7.48. The molecule has 0 saturated heterocycles. The summed E-state index contributed by atoms with van der Waals surface area (Å²) in [6, 6.07) is 2.15. The first-order valence-corrected chi connectivity index (χ1v) is 5.30. The Morgan fingerprint density at radius 3 is 2.69 bits per heavy atom. The van der Waals surface area contributed by atoms with E-state index in [1.54, 1.807) is 11.3 Å². The maximum atomic E-state index is 8.81. The molecule has 70 valence electrons. The zero-order chi connectivity index (χ0) is 9.84. The van der Waals surface area contributed by atoms with Crippen molar-refractivity contribution in [1.29, 1.82) is 5.26 Å². The second-order valence-corrected chi connectivity index (χ2v) is 4.24. The maximum Gasteiger partial charge on any atom is 0.104 e. The van der Waals surface area contributed by atoms with E-state index in [-0.39, 0.29) is 0 Å². The molecule has 0 aliphatic carbocycles. The molecule has 3 heteroatoms. The highest BCUT2D eigenvalue weighted by molar-refractivity contribution is 7.16.